The number of hydrogen-bond donors (Lipinski definition) is 1. The zero-order valence-corrected chi connectivity index (χ0v) is 11.6. The smallest absolute Gasteiger partial charge is 0.339 e. The maximum Gasteiger partial charge on any atom is 0.339 e. The van der Waals surface area contributed by atoms with Crippen molar-refractivity contribution in [2.24, 2.45) is 0 Å². The maximum absolute atomic E-state index is 12.0. The molecule has 0 aromatic heterocycles. The molecule has 2 aromatic rings. The average Bonchev–Trinajstić information content (AvgIpc) is 2.47. The Kier molecular flexibility index (Phi) is 3.39. The largest absolute Gasteiger partial charge is 0.478 e. The summed E-state index contributed by atoms with van der Waals surface area (Å²) in [6.45, 7) is 0. The van der Waals surface area contributed by atoms with Crippen molar-refractivity contribution >= 4 is 23.5 Å². The summed E-state index contributed by atoms with van der Waals surface area (Å²) in [5.41, 5.74) is 2.11. The molecular formula is C16H11ClO4. The number of carboxylic acids is 1. The van der Waals surface area contributed by atoms with Crippen LogP contribution in [0.3, 0.4) is 0 Å². The highest BCUT2D eigenvalue weighted by Crippen LogP contribution is 2.31. The molecule has 0 saturated carbocycles. The number of benzene rings is 2. The minimum atomic E-state index is -1.01. The van der Waals surface area contributed by atoms with Crippen molar-refractivity contribution in [3.63, 3.8) is 0 Å². The fourth-order valence-corrected chi connectivity index (χ4v) is 2.52. The van der Waals surface area contributed by atoms with Crippen LogP contribution in [0.1, 0.15) is 37.9 Å². The lowest BCUT2D eigenvalue weighted by atomic mass is 9.93. The molecular weight excluding hydrogens is 292 g/mol. The van der Waals surface area contributed by atoms with E-state index in [0.29, 0.717) is 22.6 Å². The minimum Gasteiger partial charge on any atom is -0.478 e. The topological polar surface area (TPSA) is 63.6 Å². The van der Waals surface area contributed by atoms with E-state index in [1.165, 1.54) is 18.2 Å². The molecule has 0 amide bonds. The Bertz CT molecular complexity index is 722. The first-order valence-electron chi connectivity index (χ1n) is 6.37. The number of carbonyl (C=O) groups excluding carboxylic acids is 1. The second-order valence-corrected chi connectivity index (χ2v) is 5.26. The number of ether oxygens (including phenoxy) is 1. The first kappa shape index (κ1) is 13.6. The van der Waals surface area contributed by atoms with Crippen LogP contribution in [0.4, 0.5) is 0 Å². The molecule has 5 heteroatoms. The van der Waals surface area contributed by atoms with Crippen molar-refractivity contribution in [2.75, 3.05) is 0 Å². The molecule has 1 aliphatic rings. The first-order valence-corrected chi connectivity index (χ1v) is 6.75. The summed E-state index contributed by atoms with van der Waals surface area (Å²) in [5.74, 6) is -1.45. The highest BCUT2D eigenvalue weighted by Gasteiger charge is 2.28. The van der Waals surface area contributed by atoms with Crippen molar-refractivity contribution in [1.82, 2.24) is 0 Å². The van der Waals surface area contributed by atoms with E-state index in [-0.39, 0.29) is 5.56 Å². The van der Waals surface area contributed by atoms with Gasteiger partial charge in [-0.15, -0.1) is 0 Å². The molecule has 3 rings (SSSR count). The Hall–Kier alpha value is -2.33. The van der Waals surface area contributed by atoms with Gasteiger partial charge in [0.1, 0.15) is 6.10 Å². The van der Waals surface area contributed by atoms with Crippen LogP contribution < -0.4 is 0 Å². The van der Waals surface area contributed by atoms with Crippen LogP contribution in [-0.2, 0) is 11.2 Å². The lowest BCUT2D eigenvalue weighted by Gasteiger charge is -2.25. The Morgan fingerprint density at radius 1 is 1.19 bits per heavy atom. The number of hydrogen-bond acceptors (Lipinski definition) is 3. The Morgan fingerprint density at radius 3 is 2.57 bits per heavy atom. The highest BCUT2D eigenvalue weighted by molar-refractivity contribution is 6.30. The van der Waals surface area contributed by atoms with E-state index >= 15 is 0 Å². The number of carbonyl (C=O) groups is 2. The number of carboxylic acid groups (broad SMARTS) is 1. The summed E-state index contributed by atoms with van der Waals surface area (Å²) in [6.07, 6.45) is 0.0235. The van der Waals surface area contributed by atoms with Gasteiger partial charge in [-0.2, -0.15) is 0 Å². The minimum absolute atomic E-state index is 0.165. The van der Waals surface area contributed by atoms with Crippen LogP contribution in [0.5, 0.6) is 0 Å². The summed E-state index contributed by atoms with van der Waals surface area (Å²) in [4.78, 5) is 23.0. The Balaban J connectivity index is 1.96. The second-order valence-electron chi connectivity index (χ2n) is 4.83. The molecule has 2 aromatic carbocycles. The fraction of sp³-hybridized carbons (Fsp3) is 0.125. The van der Waals surface area contributed by atoms with Gasteiger partial charge in [-0.05, 0) is 41.5 Å². The van der Waals surface area contributed by atoms with Crippen LogP contribution in [0, 0.1) is 0 Å². The van der Waals surface area contributed by atoms with Gasteiger partial charge in [-0.1, -0.05) is 23.7 Å². The lowest BCUT2D eigenvalue weighted by Crippen LogP contribution is -2.22. The number of aromatic carboxylic acids is 1. The monoisotopic (exact) mass is 302 g/mol. The zero-order valence-electron chi connectivity index (χ0n) is 10.9. The van der Waals surface area contributed by atoms with Crippen LogP contribution in [0.25, 0.3) is 0 Å². The van der Waals surface area contributed by atoms with E-state index in [0.717, 1.165) is 5.56 Å². The normalized spacial score (nSPS) is 17.0. The van der Waals surface area contributed by atoms with E-state index in [1.54, 1.807) is 24.3 Å². The summed E-state index contributed by atoms with van der Waals surface area (Å²) >= 11 is 5.84. The third-order valence-corrected chi connectivity index (χ3v) is 3.72. The molecule has 1 atom stereocenters. The van der Waals surface area contributed by atoms with E-state index in [1.807, 2.05) is 0 Å². The second kappa shape index (κ2) is 5.22. The molecule has 1 N–H and O–H groups in total. The number of fused-ring (bicyclic) bond motifs is 1. The third-order valence-electron chi connectivity index (χ3n) is 3.47. The molecule has 106 valence electrons. The van der Waals surface area contributed by atoms with Crippen LogP contribution in [0.2, 0.25) is 5.02 Å². The maximum atomic E-state index is 12.0. The Labute approximate surface area is 125 Å². The molecule has 0 saturated heterocycles. The first-order chi connectivity index (χ1) is 10.0. The van der Waals surface area contributed by atoms with Crippen molar-refractivity contribution in [3.8, 4) is 0 Å². The van der Waals surface area contributed by atoms with Gasteiger partial charge in [0, 0.05) is 11.4 Å². The summed E-state index contributed by atoms with van der Waals surface area (Å²) < 4.78 is 5.41. The van der Waals surface area contributed by atoms with Gasteiger partial charge >= 0.3 is 11.9 Å². The molecule has 0 fully saturated rings. The molecule has 0 bridgehead atoms. The van der Waals surface area contributed by atoms with Gasteiger partial charge in [0.2, 0.25) is 0 Å². The van der Waals surface area contributed by atoms with Gasteiger partial charge in [-0.3, -0.25) is 0 Å². The van der Waals surface area contributed by atoms with Crippen molar-refractivity contribution < 1.29 is 19.4 Å². The van der Waals surface area contributed by atoms with Gasteiger partial charge in [0.25, 0.3) is 0 Å². The van der Waals surface area contributed by atoms with Crippen molar-refractivity contribution in [1.29, 1.82) is 0 Å². The standard InChI is InChI=1S/C16H11ClO4/c17-12-4-1-9(2-5-12)14-8-11-7-10(15(18)19)3-6-13(11)16(20)21-14/h1-7,14H,8H2,(H,18,19). The van der Waals surface area contributed by atoms with Gasteiger partial charge in [-0.25, -0.2) is 9.59 Å². The van der Waals surface area contributed by atoms with E-state index in [2.05, 4.69) is 0 Å². The molecule has 0 spiro atoms. The quantitative estimate of drug-likeness (QED) is 0.863. The van der Waals surface area contributed by atoms with Crippen molar-refractivity contribution in [3.05, 3.63) is 69.7 Å². The third kappa shape index (κ3) is 2.62. The zero-order chi connectivity index (χ0) is 15.0. The number of halogens is 1. The van der Waals surface area contributed by atoms with Crippen molar-refractivity contribution in [2.45, 2.75) is 12.5 Å². The number of cyclic esters (lactones) is 1. The van der Waals surface area contributed by atoms with E-state index < -0.39 is 18.0 Å². The van der Waals surface area contributed by atoms with Gasteiger partial charge < -0.3 is 9.84 Å². The van der Waals surface area contributed by atoms with E-state index in [9.17, 15) is 9.59 Å². The molecule has 21 heavy (non-hydrogen) atoms. The number of esters is 1. The fourth-order valence-electron chi connectivity index (χ4n) is 2.39. The molecule has 1 heterocycles. The summed E-state index contributed by atoms with van der Waals surface area (Å²) in [6, 6.07) is 11.5. The predicted molar refractivity (Wildman–Crippen MR) is 76.7 cm³/mol. The van der Waals surface area contributed by atoms with Crippen LogP contribution >= 0.6 is 11.6 Å². The molecule has 1 aliphatic heterocycles. The Morgan fingerprint density at radius 2 is 1.90 bits per heavy atom. The van der Waals surface area contributed by atoms with Gasteiger partial charge in [0.05, 0.1) is 11.1 Å². The summed E-state index contributed by atoms with van der Waals surface area (Å²) in [5, 5.41) is 9.64. The molecule has 0 aliphatic carbocycles. The SMILES string of the molecule is O=C(O)c1ccc2c(c1)CC(c1ccc(Cl)cc1)OC2=O. The lowest BCUT2D eigenvalue weighted by molar-refractivity contribution is 0.0252. The van der Waals surface area contributed by atoms with E-state index in [4.69, 9.17) is 21.4 Å². The number of rotatable bonds is 2. The van der Waals surface area contributed by atoms with Crippen LogP contribution in [-0.4, -0.2) is 17.0 Å². The predicted octanol–water partition coefficient (Wildman–Crippen LogP) is 3.49. The van der Waals surface area contributed by atoms with Gasteiger partial charge in [0.15, 0.2) is 0 Å². The molecule has 4 nitrogen and oxygen atoms in total. The average molecular weight is 303 g/mol. The van der Waals surface area contributed by atoms with Crippen LogP contribution in [0.15, 0.2) is 42.5 Å². The highest BCUT2D eigenvalue weighted by atomic mass is 35.5. The molecule has 1 unspecified atom stereocenters. The summed E-state index contributed by atoms with van der Waals surface area (Å²) in [7, 11) is 0. The molecule has 0 radical (unpaired) electrons.